The lowest BCUT2D eigenvalue weighted by atomic mass is 10.1. The summed E-state index contributed by atoms with van der Waals surface area (Å²) < 4.78 is 5.01. The second kappa shape index (κ2) is 9.69. The van der Waals surface area contributed by atoms with Crippen LogP contribution in [0.3, 0.4) is 0 Å². The van der Waals surface area contributed by atoms with Crippen molar-refractivity contribution in [2.24, 2.45) is 5.92 Å². The van der Waals surface area contributed by atoms with E-state index in [-0.39, 0.29) is 18.9 Å². The molecule has 8 nitrogen and oxygen atoms in total. The number of aryl methyl sites for hydroxylation is 1. The van der Waals surface area contributed by atoms with Crippen LogP contribution in [0.15, 0.2) is 54.6 Å². The van der Waals surface area contributed by atoms with Crippen LogP contribution in [0.1, 0.15) is 29.3 Å². The maximum Gasteiger partial charge on any atom is 0.311 e. The molecule has 1 atom stereocenters. The number of hydrogen-bond acceptors (Lipinski definition) is 5. The summed E-state index contributed by atoms with van der Waals surface area (Å²) in [7, 11) is 0. The zero-order valence-corrected chi connectivity index (χ0v) is 16.6. The van der Waals surface area contributed by atoms with E-state index < -0.39 is 30.3 Å². The molecule has 0 bridgehead atoms. The van der Waals surface area contributed by atoms with E-state index in [1.807, 2.05) is 31.2 Å². The van der Waals surface area contributed by atoms with Crippen LogP contribution in [0.25, 0.3) is 0 Å². The molecule has 0 aromatic heterocycles. The molecule has 1 unspecified atom stereocenters. The fraction of sp³-hybridized carbons (Fsp3) is 0.273. The van der Waals surface area contributed by atoms with Crippen LogP contribution < -0.4 is 15.8 Å². The summed E-state index contributed by atoms with van der Waals surface area (Å²) in [6, 6.07) is 16.0. The van der Waals surface area contributed by atoms with E-state index in [1.54, 1.807) is 35.2 Å². The Morgan fingerprint density at radius 3 is 2.40 bits per heavy atom. The maximum atomic E-state index is 12.3. The van der Waals surface area contributed by atoms with Crippen molar-refractivity contribution in [1.29, 1.82) is 0 Å². The molecule has 3 amide bonds. The summed E-state index contributed by atoms with van der Waals surface area (Å²) >= 11 is 0. The first-order valence-corrected chi connectivity index (χ1v) is 9.68. The van der Waals surface area contributed by atoms with Crippen LogP contribution in [0, 0.1) is 5.92 Å². The van der Waals surface area contributed by atoms with Crippen LogP contribution >= 0.6 is 0 Å². The molecule has 0 spiro atoms. The minimum absolute atomic E-state index is 0.0285. The molecule has 1 heterocycles. The Hall–Kier alpha value is -3.68. The summed E-state index contributed by atoms with van der Waals surface area (Å²) in [6.45, 7) is 1.70. The van der Waals surface area contributed by atoms with Crippen molar-refractivity contribution in [2.45, 2.75) is 19.8 Å². The Morgan fingerprint density at radius 1 is 1.03 bits per heavy atom. The topological polar surface area (TPSA) is 105 Å². The molecule has 2 N–H and O–H groups in total. The van der Waals surface area contributed by atoms with Gasteiger partial charge < -0.3 is 9.64 Å². The van der Waals surface area contributed by atoms with Gasteiger partial charge in [-0.05, 0) is 36.2 Å². The van der Waals surface area contributed by atoms with Gasteiger partial charge in [0.05, 0.1) is 5.92 Å². The normalized spacial score (nSPS) is 15.6. The van der Waals surface area contributed by atoms with Gasteiger partial charge in [0.2, 0.25) is 5.91 Å². The summed E-state index contributed by atoms with van der Waals surface area (Å²) in [5, 5.41) is 0. The molecular formula is C22H23N3O5. The van der Waals surface area contributed by atoms with Crippen molar-refractivity contribution in [2.75, 3.05) is 18.1 Å². The van der Waals surface area contributed by atoms with Crippen LogP contribution in [0.5, 0.6) is 0 Å². The number of esters is 1. The molecule has 2 aromatic rings. The van der Waals surface area contributed by atoms with Gasteiger partial charge in [-0.25, -0.2) is 0 Å². The smallest absolute Gasteiger partial charge is 0.311 e. The van der Waals surface area contributed by atoms with Crippen molar-refractivity contribution in [3.05, 3.63) is 65.7 Å². The molecule has 156 valence electrons. The first kappa shape index (κ1) is 21.0. The molecule has 1 aliphatic heterocycles. The van der Waals surface area contributed by atoms with Gasteiger partial charge in [-0.1, -0.05) is 37.3 Å². The largest absolute Gasteiger partial charge is 0.455 e. The number of carbonyl (C=O) groups is 4. The fourth-order valence-electron chi connectivity index (χ4n) is 3.11. The standard InChI is InChI=1S/C22H23N3O5/c1-2-15-8-10-18(11-9-15)25-13-17(12-20(25)27)22(29)30-14-19(26)23-24-21(28)16-6-4-3-5-7-16/h3-11,17H,2,12-14H2,1H3,(H,23,26)(H,24,28). The van der Waals surface area contributed by atoms with Gasteiger partial charge in [0.1, 0.15) is 0 Å². The highest BCUT2D eigenvalue weighted by atomic mass is 16.5. The van der Waals surface area contributed by atoms with Crippen LogP contribution in [0.2, 0.25) is 0 Å². The zero-order chi connectivity index (χ0) is 21.5. The van der Waals surface area contributed by atoms with Crippen molar-refractivity contribution in [3.63, 3.8) is 0 Å². The van der Waals surface area contributed by atoms with Gasteiger partial charge in [0.15, 0.2) is 6.61 Å². The Balaban J connectivity index is 1.45. The van der Waals surface area contributed by atoms with Crippen molar-refractivity contribution < 1.29 is 23.9 Å². The lowest BCUT2D eigenvalue weighted by Crippen LogP contribution is -2.43. The molecule has 2 aromatic carbocycles. The SMILES string of the molecule is CCc1ccc(N2CC(C(=O)OCC(=O)NNC(=O)c3ccccc3)CC2=O)cc1. The summed E-state index contributed by atoms with van der Waals surface area (Å²) in [5.41, 5.74) is 6.70. The predicted octanol–water partition coefficient (Wildman–Crippen LogP) is 1.61. The summed E-state index contributed by atoms with van der Waals surface area (Å²) in [6.07, 6.45) is 0.928. The van der Waals surface area contributed by atoms with Crippen molar-refractivity contribution in [1.82, 2.24) is 10.9 Å². The van der Waals surface area contributed by atoms with Crippen molar-refractivity contribution in [3.8, 4) is 0 Å². The van der Waals surface area contributed by atoms with Crippen molar-refractivity contribution >= 4 is 29.4 Å². The second-order valence-corrected chi connectivity index (χ2v) is 6.90. The van der Waals surface area contributed by atoms with Crippen LogP contribution in [-0.2, 0) is 25.5 Å². The molecule has 3 rings (SSSR count). The summed E-state index contributed by atoms with van der Waals surface area (Å²) in [4.78, 5) is 49.8. The number of carbonyl (C=O) groups excluding carboxylic acids is 4. The minimum Gasteiger partial charge on any atom is -0.455 e. The molecular weight excluding hydrogens is 386 g/mol. The van der Waals surface area contributed by atoms with Gasteiger partial charge >= 0.3 is 5.97 Å². The van der Waals surface area contributed by atoms with Gasteiger partial charge in [0, 0.05) is 24.2 Å². The van der Waals surface area contributed by atoms with E-state index >= 15 is 0 Å². The third kappa shape index (κ3) is 5.22. The van der Waals surface area contributed by atoms with E-state index in [1.165, 1.54) is 0 Å². The molecule has 1 saturated heterocycles. The first-order valence-electron chi connectivity index (χ1n) is 9.68. The Kier molecular flexibility index (Phi) is 6.79. The number of amides is 3. The molecule has 0 saturated carbocycles. The molecule has 1 fully saturated rings. The number of rotatable bonds is 6. The highest BCUT2D eigenvalue weighted by Crippen LogP contribution is 2.26. The Morgan fingerprint density at radius 2 is 1.73 bits per heavy atom. The van der Waals surface area contributed by atoms with Gasteiger partial charge in [-0.3, -0.25) is 30.0 Å². The van der Waals surface area contributed by atoms with Gasteiger partial charge in [-0.15, -0.1) is 0 Å². The molecule has 1 aliphatic rings. The first-order chi connectivity index (χ1) is 14.5. The second-order valence-electron chi connectivity index (χ2n) is 6.90. The number of benzene rings is 2. The van der Waals surface area contributed by atoms with Gasteiger partial charge in [-0.2, -0.15) is 0 Å². The highest BCUT2D eigenvalue weighted by Gasteiger charge is 2.36. The number of hydrogen-bond donors (Lipinski definition) is 2. The highest BCUT2D eigenvalue weighted by molar-refractivity contribution is 5.99. The number of ether oxygens (including phenoxy) is 1. The van der Waals surface area contributed by atoms with E-state index in [2.05, 4.69) is 10.9 Å². The number of anilines is 1. The maximum absolute atomic E-state index is 12.3. The number of nitrogens with one attached hydrogen (secondary N) is 2. The monoisotopic (exact) mass is 409 g/mol. The molecule has 30 heavy (non-hydrogen) atoms. The third-order valence-electron chi connectivity index (χ3n) is 4.81. The third-order valence-corrected chi connectivity index (χ3v) is 4.81. The molecule has 0 aliphatic carbocycles. The fourth-order valence-corrected chi connectivity index (χ4v) is 3.11. The van der Waals surface area contributed by atoms with Crippen LogP contribution in [-0.4, -0.2) is 36.8 Å². The average molecular weight is 409 g/mol. The Bertz CT molecular complexity index is 928. The van der Waals surface area contributed by atoms with Crippen LogP contribution in [0.4, 0.5) is 5.69 Å². The lowest BCUT2D eigenvalue weighted by Gasteiger charge is -2.17. The predicted molar refractivity (Wildman–Crippen MR) is 109 cm³/mol. The van der Waals surface area contributed by atoms with Gasteiger partial charge in [0.25, 0.3) is 11.8 Å². The van der Waals surface area contributed by atoms with E-state index in [0.717, 1.165) is 17.7 Å². The summed E-state index contributed by atoms with van der Waals surface area (Å²) in [5.74, 6) is -2.60. The Labute approximate surface area is 174 Å². The molecule has 8 heteroatoms. The zero-order valence-electron chi connectivity index (χ0n) is 16.6. The average Bonchev–Trinajstić information content (AvgIpc) is 3.18. The molecule has 0 radical (unpaired) electrons. The number of hydrazine groups is 1. The lowest BCUT2D eigenvalue weighted by molar-refractivity contribution is -0.152. The number of nitrogens with zero attached hydrogens (tertiary/aromatic N) is 1. The minimum atomic E-state index is -0.677. The van der Waals surface area contributed by atoms with E-state index in [4.69, 9.17) is 4.74 Å². The van der Waals surface area contributed by atoms with E-state index in [9.17, 15) is 19.2 Å². The van der Waals surface area contributed by atoms with E-state index in [0.29, 0.717) is 5.56 Å². The quantitative estimate of drug-likeness (QED) is 0.557.